The van der Waals surface area contributed by atoms with Crippen LogP contribution in [0.4, 0.5) is 19.0 Å². The minimum atomic E-state index is -4.60. The van der Waals surface area contributed by atoms with Gasteiger partial charge in [0.15, 0.2) is 0 Å². The number of carboxylic acid groups (broad SMARTS) is 1. The van der Waals surface area contributed by atoms with Gasteiger partial charge < -0.3 is 10.0 Å². The molecule has 4 nitrogen and oxygen atoms in total. The number of carboxylic acids is 1. The van der Waals surface area contributed by atoms with Gasteiger partial charge in [-0.15, -0.1) is 0 Å². The average molecular weight is 234 g/mol. The SMILES string of the molecule is CN(C)c1ncc(C(F)(F)F)cc1C(=O)O. The molecule has 0 unspecified atom stereocenters. The number of alkyl halides is 3. The molecular formula is C9H9F3N2O2. The lowest BCUT2D eigenvalue weighted by atomic mass is 10.1. The van der Waals surface area contributed by atoms with Gasteiger partial charge >= 0.3 is 12.1 Å². The second-order valence-corrected chi connectivity index (χ2v) is 3.29. The van der Waals surface area contributed by atoms with Crippen molar-refractivity contribution < 1.29 is 23.1 Å². The molecular weight excluding hydrogens is 225 g/mol. The van der Waals surface area contributed by atoms with Crippen LogP contribution in [0.25, 0.3) is 0 Å². The van der Waals surface area contributed by atoms with Crippen LogP contribution in [0.1, 0.15) is 15.9 Å². The Balaban J connectivity index is 3.34. The number of nitrogens with zero attached hydrogens (tertiary/aromatic N) is 2. The molecule has 0 bridgehead atoms. The third kappa shape index (κ3) is 2.41. The van der Waals surface area contributed by atoms with Crippen LogP contribution in [0, 0.1) is 0 Å². The molecule has 88 valence electrons. The first-order chi connectivity index (χ1) is 7.23. The Morgan fingerprint density at radius 2 is 2.00 bits per heavy atom. The number of aromatic nitrogens is 1. The Labute approximate surface area is 89.3 Å². The van der Waals surface area contributed by atoms with Gasteiger partial charge in [-0.1, -0.05) is 0 Å². The van der Waals surface area contributed by atoms with Crippen molar-refractivity contribution >= 4 is 11.8 Å². The van der Waals surface area contributed by atoms with Gasteiger partial charge in [-0.05, 0) is 6.07 Å². The molecule has 16 heavy (non-hydrogen) atoms. The van der Waals surface area contributed by atoms with Crippen LogP contribution in [-0.2, 0) is 6.18 Å². The zero-order valence-corrected chi connectivity index (χ0v) is 8.54. The van der Waals surface area contributed by atoms with Crippen molar-refractivity contribution in [3.63, 3.8) is 0 Å². The molecule has 7 heteroatoms. The molecule has 0 spiro atoms. The fourth-order valence-corrected chi connectivity index (χ4v) is 1.13. The molecule has 0 saturated heterocycles. The van der Waals surface area contributed by atoms with E-state index in [1.54, 1.807) is 0 Å². The first-order valence-corrected chi connectivity index (χ1v) is 4.21. The van der Waals surface area contributed by atoms with Gasteiger partial charge in [-0.25, -0.2) is 9.78 Å². The van der Waals surface area contributed by atoms with Crippen molar-refractivity contribution in [2.24, 2.45) is 0 Å². The lowest BCUT2D eigenvalue weighted by Gasteiger charge is -2.15. The summed E-state index contributed by atoms with van der Waals surface area (Å²) in [7, 11) is 3.00. The lowest BCUT2D eigenvalue weighted by Crippen LogP contribution is -2.17. The van der Waals surface area contributed by atoms with Crippen LogP contribution >= 0.6 is 0 Å². The van der Waals surface area contributed by atoms with E-state index in [0.29, 0.717) is 12.3 Å². The van der Waals surface area contributed by atoms with E-state index < -0.39 is 23.3 Å². The van der Waals surface area contributed by atoms with Gasteiger partial charge in [0, 0.05) is 20.3 Å². The van der Waals surface area contributed by atoms with Gasteiger partial charge in [-0.3, -0.25) is 0 Å². The van der Waals surface area contributed by atoms with Crippen molar-refractivity contribution in [2.45, 2.75) is 6.18 Å². The molecule has 0 saturated carbocycles. The van der Waals surface area contributed by atoms with Gasteiger partial charge in [0.25, 0.3) is 0 Å². The molecule has 0 amide bonds. The normalized spacial score (nSPS) is 11.3. The average Bonchev–Trinajstić information content (AvgIpc) is 2.15. The smallest absolute Gasteiger partial charge is 0.417 e. The van der Waals surface area contributed by atoms with E-state index in [9.17, 15) is 18.0 Å². The summed E-state index contributed by atoms with van der Waals surface area (Å²) in [5.41, 5.74) is -1.55. The number of halogens is 3. The van der Waals surface area contributed by atoms with E-state index in [4.69, 9.17) is 5.11 Å². The molecule has 1 aromatic heterocycles. The highest BCUT2D eigenvalue weighted by Crippen LogP contribution is 2.31. The maximum absolute atomic E-state index is 12.3. The summed E-state index contributed by atoms with van der Waals surface area (Å²) in [5, 5.41) is 8.77. The van der Waals surface area contributed by atoms with Crippen molar-refractivity contribution in [3.8, 4) is 0 Å². The quantitative estimate of drug-likeness (QED) is 0.848. The summed E-state index contributed by atoms with van der Waals surface area (Å²) < 4.78 is 37.0. The lowest BCUT2D eigenvalue weighted by molar-refractivity contribution is -0.137. The van der Waals surface area contributed by atoms with Gasteiger partial charge in [0.2, 0.25) is 0 Å². The van der Waals surface area contributed by atoms with Gasteiger partial charge in [0.1, 0.15) is 11.4 Å². The molecule has 0 aliphatic rings. The molecule has 0 fully saturated rings. The van der Waals surface area contributed by atoms with Crippen molar-refractivity contribution in [1.29, 1.82) is 0 Å². The maximum Gasteiger partial charge on any atom is 0.417 e. The summed E-state index contributed by atoms with van der Waals surface area (Å²) in [6.45, 7) is 0. The second-order valence-electron chi connectivity index (χ2n) is 3.29. The van der Waals surface area contributed by atoms with Gasteiger partial charge in [-0.2, -0.15) is 13.2 Å². The van der Waals surface area contributed by atoms with E-state index in [1.165, 1.54) is 19.0 Å². The molecule has 0 aliphatic heterocycles. The second kappa shape index (κ2) is 3.99. The number of carbonyl (C=O) groups is 1. The van der Waals surface area contributed by atoms with E-state index in [1.807, 2.05) is 0 Å². The Kier molecular flexibility index (Phi) is 3.06. The predicted molar refractivity (Wildman–Crippen MR) is 50.5 cm³/mol. The largest absolute Gasteiger partial charge is 0.478 e. The first-order valence-electron chi connectivity index (χ1n) is 4.21. The van der Waals surface area contributed by atoms with Crippen molar-refractivity contribution in [3.05, 3.63) is 23.4 Å². The van der Waals surface area contributed by atoms with E-state index >= 15 is 0 Å². The molecule has 1 aromatic rings. The van der Waals surface area contributed by atoms with Crippen LogP contribution < -0.4 is 4.90 Å². The summed E-state index contributed by atoms with van der Waals surface area (Å²) in [6.07, 6.45) is -3.98. The Bertz CT molecular complexity index is 416. The summed E-state index contributed by atoms with van der Waals surface area (Å²) in [6, 6.07) is 0.574. The van der Waals surface area contributed by atoms with Crippen molar-refractivity contribution in [2.75, 3.05) is 19.0 Å². The highest BCUT2D eigenvalue weighted by atomic mass is 19.4. The van der Waals surface area contributed by atoms with Gasteiger partial charge in [0.05, 0.1) is 5.56 Å². The molecule has 0 radical (unpaired) electrons. The standard InChI is InChI=1S/C9H9F3N2O2/c1-14(2)7-6(8(15)16)3-5(4-13-7)9(10,11)12/h3-4H,1-2H3,(H,15,16). The Hall–Kier alpha value is -1.79. The Morgan fingerprint density at radius 3 is 2.38 bits per heavy atom. The summed E-state index contributed by atoms with van der Waals surface area (Å²) in [5.74, 6) is -1.46. The van der Waals surface area contributed by atoms with Crippen LogP contribution in [-0.4, -0.2) is 30.2 Å². The molecule has 0 aromatic carbocycles. The number of pyridine rings is 1. The minimum absolute atomic E-state index is 0.0134. The molecule has 0 aliphatic carbocycles. The first kappa shape index (κ1) is 12.3. The molecule has 0 atom stereocenters. The molecule has 1 rings (SSSR count). The third-order valence-corrected chi connectivity index (χ3v) is 1.85. The van der Waals surface area contributed by atoms with E-state index in [-0.39, 0.29) is 5.82 Å². The highest BCUT2D eigenvalue weighted by molar-refractivity contribution is 5.93. The fraction of sp³-hybridized carbons (Fsp3) is 0.333. The number of hydrogen-bond acceptors (Lipinski definition) is 3. The van der Waals surface area contributed by atoms with Crippen LogP contribution in [0.3, 0.4) is 0 Å². The van der Waals surface area contributed by atoms with Crippen LogP contribution in [0.5, 0.6) is 0 Å². The third-order valence-electron chi connectivity index (χ3n) is 1.85. The highest BCUT2D eigenvalue weighted by Gasteiger charge is 2.32. The maximum atomic E-state index is 12.3. The molecule has 1 heterocycles. The monoisotopic (exact) mass is 234 g/mol. The topological polar surface area (TPSA) is 53.4 Å². The van der Waals surface area contributed by atoms with Crippen LogP contribution in [0.15, 0.2) is 12.3 Å². The van der Waals surface area contributed by atoms with E-state index in [0.717, 1.165) is 0 Å². The summed E-state index contributed by atoms with van der Waals surface area (Å²) >= 11 is 0. The number of aromatic carboxylic acids is 1. The minimum Gasteiger partial charge on any atom is -0.478 e. The summed E-state index contributed by atoms with van der Waals surface area (Å²) in [4.78, 5) is 15.6. The number of anilines is 1. The fourth-order valence-electron chi connectivity index (χ4n) is 1.13. The number of rotatable bonds is 2. The molecule has 1 N–H and O–H groups in total. The van der Waals surface area contributed by atoms with Crippen LogP contribution in [0.2, 0.25) is 0 Å². The zero-order valence-electron chi connectivity index (χ0n) is 8.54. The van der Waals surface area contributed by atoms with Crippen molar-refractivity contribution in [1.82, 2.24) is 4.98 Å². The predicted octanol–water partition coefficient (Wildman–Crippen LogP) is 1.86. The zero-order chi connectivity index (χ0) is 12.5. The Morgan fingerprint density at radius 1 is 1.44 bits per heavy atom. The number of hydrogen-bond donors (Lipinski definition) is 1. The van der Waals surface area contributed by atoms with E-state index in [2.05, 4.69) is 4.98 Å².